The second-order valence-corrected chi connectivity index (χ2v) is 6.27. The Morgan fingerprint density at radius 3 is 2.77 bits per heavy atom. The van der Waals surface area contributed by atoms with Crippen molar-refractivity contribution in [2.75, 3.05) is 17.2 Å². The molecule has 30 heavy (non-hydrogen) atoms. The second-order valence-electron chi connectivity index (χ2n) is 6.27. The van der Waals surface area contributed by atoms with E-state index in [4.69, 9.17) is 5.73 Å². The minimum Gasteiger partial charge on any atom is -0.396 e. The number of anilines is 2. The Morgan fingerprint density at radius 1 is 1.30 bits per heavy atom. The normalized spacial score (nSPS) is 11.2. The Labute approximate surface area is 170 Å². The fraction of sp³-hybridized carbons (Fsp3) is 0.150. The van der Waals surface area contributed by atoms with Crippen molar-refractivity contribution >= 4 is 17.5 Å². The van der Waals surface area contributed by atoms with Crippen molar-refractivity contribution in [2.24, 2.45) is 0 Å². The molecule has 0 saturated heterocycles. The maximum absolute atomic E-state index is 13.0. The number of rotatable bonds is 6. The molecule has 0 radical (unpaired) electrons. The average molecular weight is 416 g/mol. The van der Waals surface area contributed by atoms with Crippen molar-refractivity contribution < 1.29 is 18.0 Å². The molecule has 0 saturated carbocycles. The smallest absolute Gasteiger partial charge is 0.396 e. The van der Waals surface area contributed by atoms with Crippen molar-refractivity contribution in [1.29, 1.82) is 0 Å². The van der Waals surface area contributed by atoms with E-state index in [0.29, 0.717) is 13.1 Å². The van der Waals surface area contributed by atoms with Gasteiger partial charge < -0.3 is 15.6 Å². The van der Waals surface area contributed by atoms with E-state index in [2.05, 4.69) is 21.9 Å². The number of pyridine rings is 1. The molecule has 2 heterocycles. The van der Waals surface area contributed by atoms with Crippen molar-refractivity contribution in [2.45, 2.75) is 12.7 Å². The van der Waals surface area contributed by atoms with Crippen LogP contribution in [0, 0.1) is 0 Å². The molecule has 0 aliphatic carbocycles. The first kappa shape index (κ1) is 20.9. The van der Waals surface area contributed by atoms with Crippen molar-refractivity contribution in [3.8, 4) is 11.3 Å². The average Bonchev–Trinajstić information content (AvgIpc) is 3.23. The third-order valence-electron chi connectivity index (χ3n) is 4.23. The number of carbonyl (C=O) groups is 1. The van der Waals surface area contributed by atoms with E-state index in [-0.39, 0.29) is 22.8 Å². The number of urea groups is 1. The highest BCUT2D eigenvalue weighted by molar-refractivity contribution is 5.95. The number of nitrogens with one attached hydrogen (secondary N) is 1. The van der Waals surface area contributed by atoms with E-state index < -0.39 is 17.8 Å². The minimum atomic E-state index is -4.48. The van der Waals surface area contributed by atoms with Crippen LogP contribution >= 0.6 is 0 Å². The summed E-state index contributed by atoms with van der Waals surface area (Å²) in [5.41, 5.74) is 5.83. The van der Waals surface area contributed by atoms with Gasteiger partial charge in [0, 0.05) is 37.2 Å². The largest absolute Gasteiger partial charge is 0.416 e. The summed E-state index contributed by atoms with van der Waals surface area (Å²) in [4.78, 5) is 21.9. The number of aromatic nitrogens is 3. The predicted molar refractivity (Wildman–Crippen MR) is 107 cm³/mol. The van der Waals surface area contributed by atoms with Crippen LogP contribution in [0.4, 0.5) is 29.5 Å². The molecule has 3 aromatic rings. The molecule has 0 bridgehead atoms. The van der Waals surface area contributed by atoms with Crippen LogP contribution in [0.5, 0.6) is 0 Å². The second kappa shape index (κ2) is 8.68. The topological polar surface area (TPSA) is 89.1 Å². The molecule has 3 rings (SSSR count). The Kier molecular flexibility index (Phi) is 6.05. The fourth-order valence-electron chi connectivity index (χ4n) is 2.73. The molecule has 7 nitrogen and oxygen atoms in total. The summed E-state index contributed by atoms with van der Waals surface area (Å²) < 4.78 is 40.8. The first-order valence-electron chi connectivity index (χ1n) is 8.89. The van der Waals surface area contributed by atoms with Crippen LogP contribution in [0.3, 0.4) is 0 Å². The molecule has 156 valence electrons. The monoisotopic (exact) mass is 416 g/mol. The van der Waals surface area contributed by atoms with Gasteiger partial charge in [-0.2, -0.15) is 13.2 Å². The number of alkyl halides is 3. The van der Waals surface area contributed by atoms with Crippen LogP contribution in [0.25, 0.3) is 11.3 Å². The Bertz CT molecular complexity index is 1030. The van der Waals surface area contributed by atoms with Gasteiger partial charge >= 0.3 is 12.2 Å². The quantitative estimate of drug-likeness (QED) is 0.638. The summed E-state index contributed by atoms with van der Waals surface area (Å²) in [6.45, 7) is 4.43. The van der Waals surface area contributed by atoms with Gasteiger partial charge in [-0.3, -0.25) is 4.90 Å². The number of imidazole rings is 1. The summed E-state index contributed by atoms with van der Waals surface area (Å²) in [6.07, 6.45) is 1.77. The molecular formula is C20H19F3N6O. The number of hydrogen-bond donors (Lipinski definition) is 2. The van der Waals surface area contributed by atoms with Gasteiger partial charge in [0.2, 0.25) is 0 Å². The molecule has 0 fully saturated rings. The maximum atomic E-state index is 13.0. The van der Waals surface area contributed by atoms with Gasteiger partial charge in [-0.05, 0) is 24.3 Å². The molecule has 0 atom stereocenters. The zero-order valence-corrected chi connectivity index (χ0v) is 15.8. The lowest BCUT2D eigenvalue weighted by molar-refractivity contribution is -0.137. The van der Waals surface area contributed by atoms with Gasteiger partial charge in [0.05, 0.1) is 23.3 Å². The molecule has 1 aromatic carbocycles. The maximum Gasteiger partial charge on any atom is 0.416 e. The van der Waals surface area contributed by atoms with E-state index in [9.17, 15) is 18.0 Å². The zero-order valence-electron chi connectivity index (χ0n) is 15.8. The van der Waals surface area contributed by atoms with E-state index in [0.717, 1.165) is 17.0 Å². The van der Waals surface area contributed by atoms with E-state index in [1.807, 2.05) is 0 Å². The Morgan fingerprint density at radius 2 is 2.10 bits per heavy atom. The van der Waals surface area contributed by atoms with Crippen LogP contribution in [0.1, 0.15) is 5.56 Å². The van der Waals surface area contributed by atoms with Crippen LogP contribution in [-0.4, -0.2) is 27.1 Å². The minimum absolute atomic E-state index is 0.0695. The highest BCUT2D eigenvalue weighted by Crippen LogP contribution is 2.33. The molecule has 0 unspecified atom stereocenters. The van der Waals surface area contributed by atoms with Gasteiger partial charge in [-0.15, -0.1) is 0 Å². The number of nitrogen functional groups attached to an aromatic ring is 1. The molecular weight excluding hydrogens is 397 g/mol. The van der Waals surface area contributed by atoms with Crippen LogP contribution in [0.15, 0.2) is 67.9 Å². The van der Waals surface area contributed by atoms with E-state index >= 15 is 0 Å². The van der Waals surface area contributed by atoms with Gasteiger partial charge in [-0.25, -0.2) is 14.8 Å². The predicted octanol–water partition coefficient (Wildman–Crippen LogP) is 3.91. The Hall–Kier alpha value is -3.82. The fourth-order valence-corrected chi connectivity index (χ4v) is 2.73. The third kappa shape index (κ3) is 4.77. The number of hydrogen-bond acceptors (Lipinski definition) is 4. The summed E-state index contributed by atoms with van der Waals surface area (Å²) in [5, 5.41) is 2.71. The molecule has 2 aromatic heterocycles. The highest BCUT2D eigenvalue weighted by Gasteiger charge is 2.30. The van der Waals surface area contributed by atoms with Crippen molar-refractivity contribution in [1.82, 2.24) is 19.9 Å². The molecule has 0 aliphatic rings. The molecule has 10 heteroatoms. The third-order valence-corrected chi connectivity index (χ3v) is 4.23. The van der Waals surface area contributed by atoms with Crippen LogP contribution < -0.4 is 16.0 Å². The lowest BCUT2D eigenvalue weighted by Crippen LogP contribution is -2.38. The number of benzene rings is 1. The summed E-state index contributed by atoms with van der Waals surface area (Å²) >= 11 is 0. The van der Waals surface area contributed by atoms with Gasteiger partial charge in [0.1, 0.15) is 0 Å². The summed E-state index contributed by atoms with van der Waals surface area (Å²) in [5.74, 6) is 0.0695. The first-order chi connectivity index (χ1) is 14.3. The number of nitrogens with zero attached hydrogens (tertiary/aromatic N) is 4. The number of carbonyl (C=O) groups excluding carboxylic acids is 1. The molecule has 3 N–H and O–H groups in total. The van der Waals surface area contributed by atoms with Crippen molar-refractivity contribution in [3.05, 3.63) is 73.5 Å². The summed E-state index contributed by atoms with van der Waals surface area (Å²) in [6, 6.07) is 7.22. The number of amides is 2. The lowest BCUT2D eigenvalue weighted by atomic mass is 10.1. The summed E-state index contributed by atoms with van der Waals surface area (Å²) in [7, 11) is 0. The molecule has 2 amide bonds. The van der Waals surface area contributed by atoms with Crippen molar-refractivity contribution in [3.63, 3.8) is 0 Å². The molecule has 0 aliphatic heterocycles. The van der Waals surface area contributed by atoms with Crippen LogP contribution in [0.2, 0.25) is 0 Å². The lowest BCUT2D eigenvalue weighted by Gasteiger charge is -2.20. The van der Waals surface area contributed by atoms with Crippen LogP contribution in [-0.2, 0) is 12.7 Å². The molecule has 0 spiro atoms. The SMILES string of the molecule is C=CN(C(=O)NCCn1ccnc1)c1nc(-c2cccc(C(F)(F)F)c2)ccc1N. The van der Waals surface area contributed by atoms with E-state index in [1.54, 1.807) is 23.3 Å². The highest BCUT2D eigenvalue weighted by atomic mass is 19.4. The van der Waals surface area contributed by atoms with Gasteiger partial charge in [0.25, 0.3) is 0 Å². The first-order valence-corrected chi connectivity index (χ1v) is 8.89. The zero-order chi connectivity index (χ0) is 21.7. The standard InChI is InChI=1S/C20H19F3N6O/c1-2-29(19(30)26-9-11-28-10-8-25-13-28)18-16(24)6-7-17(27-18)14-4-3-5-15(12-14)20(21,22)23/h2-8,10,12-13H,1,9,11,24H2,(H,26,30). The van der Waals surface area contributed by atoms with Gasteiger partial charge in [-0.1, -0.05) is 18.7 Å². The van der Waals surface area contributed by atoms with Gasteiger partial charge in [0.15, 0.2) is 5.82 Å². The number of halogens is 3. The van der Waals surface area contributed by atoms with E-state index in [1.165, 1.54) is 30.5 Å². The Balaban J connectivity index is 1.82. The number of nitrogens with two attached hydrogens (primary N) is 1.